The fourth-order valence-corrected chi connectivity index (χ4v) is 3.79. The van der Waals surface area contributed by atoms with Crippen LogP contribution in [-0.2, 0) is 24.9 Å². The molecule has 0 aliphatic carbocycles. The van der Waals surface area contributed by atoms with Crippen molar-refractivity contribution in [3.05, 3.63) is 58.3 Å². The lowest BCUT2D eigenvalue weighted by Gasteiger charge is -2.22. The van der Waals surface area contributed by atoms with E-state index in [-0.39, 0.29) is 0 Å². The van der Waals surface area contributed by atoms with E-state index in [1.54, 1.807) is 6.07 Å². The summed E-state index contributed by atoms with van der Waals surface area (Å²) in [6.07, 6.45) is -3.50. The Morgan fingerprint density at radius 3 is 2.84 bits per heavy atom. The lowest BCUT2D eigenvalue weighted by molar-refractivity contribution is -0.895. The van der Waals surface area contributed by atoms with E-state index < -0.39 is 11.7 Å². The number of nitrogens with zero attached hydrogens (tertiary/aromatic N) is 2. The van der Waals surface area contributed by atoms with Gasteiger partial charge in [-0.05, 0) is 17.7 Å². The molecule has 1 aliphatic rings. The molecule has 1 unspecified atom stereocenters. The summed E-state index contributed by atoms with van der Waals surface area (Å²) in [6.45, 7) is 1.83. The molecule has 130 valence electrons. The number of rotatable bonds is 3. The molecule has 0 spiro atoms. The fourth-order valence-electron chi connectivity index (χ4n) is 2.87. The first-order valence-corrected chi connectivity index (χ1v) is 8.88. The number of quaternary nitrogens is 1. The second-order valence-corrected chi connectivity index (χ2v) is 7.14. The van der Waals surface area contributed by atoms with Crippen LogP contribution in [0.5, 0.6) is 0 Å². The standard InChI is InChI=1S/C18H16F3N3S/c1-24-6-5-16-14(10-24)8-13(9-22)17(23-16)25-11-12-3-2-4-15(7-12)18(19,20)21/h2-4,7-8H,5-6,10-11H2,1H3/p+1. The van der Waals surface area contributed by atoms with E-state index in [4.69, 9.17) is 0 Å². The number of nitriles is 1. The molecule has 1 aliphatic heterocycles. The van der Waals surface area contributed by atoms with Gasteiger partial charge >= 0.3 is 6.18 Å². The van der Waals surface area contributed by atoms with Gasteiger partial charge in [0.05, 0.1) is 30.4 Å². The maximum Gasteiger partial charge on any atom is 0.416 e. The molecule has 0 saturated heterocycles. The maximum atomic E-state index is 12.8. The minimum Gasteiger partial charge on any atom is -0.333 e. The minimum absolute atomic E-state index is 0.343. The largest absolute Gasteiger partial charge is 0.416 e. The zero-order chi connectivity index (χ0) is 18.0. The predicted octanol–water partition coefficient (Wildman–Crippen LogP) is 2.84. The summed E-state index contributed by atoms with van der Waals surface area (Å²) < 4.78 is 38.4. The highest BCUT2D eigenvalue weighted by Crippen LogP contribution is 2.32. The number of nitrogens with one attached hydrogen (secondary N) is 1. The number of pyridine rings is 1. The van der Waals surface area contributed by atoms with Crippen molar-refractivity contribution in [2.45, 2.75) is 29.9 Å². The van der Waals surface area contributed by atoms with E-state index in [0.29, 0.717) is 21.9 Å². The van der Waals surface area contributed by atoms with Crippen LogP contribution in [0.1, 0.15) is 27.9 Å². The normalized spacial score (nSPS) is 17.0. The van der Waals surface area contributed by atoms with Crippen molar-refractivity contribution >= 4 is 11.8 Å². The number of likely N-dealkylation sites (N-methyl/N-ethyl adjacent to an activating group) is 1. The fraction of sp³-hybridized carbons (Fsp3) is 0.333. The van der Waals surface area contributed by atoms with Crippen LogP contribution in [0, 0.1) is 11.3 Å². The highest BCUT2D eigenvalue weighted by molar-refractivity contribution is 7.98. The molecule has 0 saturated carbocycles. The number of hydrogen-bond acceptors (Lipinski definition) is 3. The van der Waals surface area contributed by atoms with Gasteiger partial charge in [-0.15, -0.1) is 11.8 Å². The van der Waals surface area contributed by atoms with Crippen LogP contribution in [0.4, 0.5) is 13.2 Å². The van der Waals surface area contributed by atoms with Crippen LogP contribution in [0.2, 0.25) is 0 Å². The molecule has 2 aromatic rings. The van der Waals surface area contributed by atoms with Gasteiger partial charge in [-0.2, -0.15) is 18.4 Å². The number of fused-ring (bicyclic) bond motifs is 1. The lowest BCUT2D eigenvalue weighted by atomic mass is 10.0. The zero-order valence-electron chi connectivity index (χ0n) is 13.7. The number of alkyl halides is 3. The summed E-state index contributed by atoms with van der Waals surface area (Å²) >= 11 is 1.31. The molecule has 0 radical (unpaired) electrons. The van der Waals surface area contributed by atoms with Crippen LogP contribution in [-0.4, -0.2) is 18.6 Å². The molecule has 1 aromatic carbocycles. The summed E-state index contributed by atoms with van der Waals surface area (Å²) in [5, 5.41) is 9.97. The van der Waals surface area contributed by atoms with Crippen molar-refractivity contribution in [1.29, 1.82) is 5.26 Å². The lowest BCUT2D eigenvalue weighted by Crippen LogP contribution is -3.08. The van der Waals surface area contributed by atoms with E-state index >= 15 is 0 Å². The van der Waals surface area contributed by atoms with Crippen molar-refractivity contribution in [3.63, 3.8) is 0 Å². The average molecular weight is 364 g/mol. The minimum atomic E-state index is -4.35. The Hall–Kier alpha value is -2.04. The summed E-state index contributed by atoms with van der Waals surface area (Å²) in [5.41, 5.74) is 2.48. The molecule has 1 aromatic heterocycles. The molecule has 0 fully saturated rings. The molecule has 25 heavy (non-hydrogen) atoms. The third-order valence-corrected chi connectivity index (χ3v) is 5.25. The summed E-state index contributed by atoms with van der Waals surface area (Å²) in [5.74, 6) is 0.343. The van der Waals surface area contributed by atoms with E-state index in [1.165, 1.54) is 22.7 Å². The molecule has 0 bridgehead atoms. The predicted molar refractivity (Wildman–Crippen MR) is 89.1 cm³/mol. The second kappa shape index (κ2) is 7.06. The molecule has 1 N–H and O–H groups in total. The van der Waals surface area contributed by atoms with Gasteiger partial charge < -0.3 is 4.90 Å². The van der Waals surface area contributed by atoms with Gasteiger partial charge in [0.15, 0.2) is 0 Å². The molecule has 3 nitrogen and oxygen atoms in total. The Morgan fingerprint density at radius 2 is 2.12 bits per heavy atom. The molecule has 3 rings (SSSR count). The van der Waals surface area contributed by atoms with E-state index in [1.807, 2.05) is 6.07 Å². The number of aromatic nitrogens is 1. The number of thioether (sulfide) groups is 1. The molecule has 2 heterocycles. The van der Waals surface area contributed by atoms with Crippen molar-refractivity contribution in [2.24, 2.45) is 0 Å². The van der Waals surface area contributed by atoms with Crippen LogP contribution < -0.4 is 4.90 Å². The highest BCUT2D eigenvalue weighted by Gasteiger charge is 2.30. The number of benzene rings is 1. The third kappa shape index (κ3) is 4.14. The number of hydrogen-bond donors (Lipinski definition) is 1. The van der Waals surface area contributed by atoms with Crippen LogP contribution in [0.25, 0.3) is 0 Å². The number of halogens is 3. The molecule has 0 amide bonds. The van der Waals surface area contributed by atoms with E-state index in [9.17, 15) is 18.4 Å². The first-order valence-electron chi connectivity index (χ1n) is 7.90. The smallest absolute Gasteiger partial charge is 0.333 e. The Kier molecular flexibility index (Phi) is 5.02. The van der Waals surface area contributed by atoms with Crippen molar-refractivity contribution in [2.75, 3.05) is 13.6 Å². The maximum absolute atomic E-state index is 12.8. The van der Waals surface area contributed by atoms with Gasteiger partial charge in [0, 0.05) is 17.7 Å². The van der Waals surface area contributed by atoms with Gasteiger partial charge in [0.2, 0.25) is 0 Å². The molecule has 7 heteroatoms. The Balaban J connectivity index is 1.81. The van der Waals surface area contributed by atoms with Crippen molar-refractivity contribution in [1.82, 2.24) is 4.98 Å². The van der Waals surface area contributed by atoms with Crippen molar-refractivity contribution < 1.29 is 18.1 Å². The SMILES string of the molecule is C[NH+]1CCc2nc(SCc3cccc(C(F)(F)F)c3)c(C#N)cc2C1. The van der Waals surface area contributed by atoms with Crippen LogP contribution >= 0.6 is 11.8 Å². The van der Waals surface area contributed by atoms with Gasteiger partial charge in [-0.25, -0.2) is 4.98 Å². The Bertz CT molecular complexity index is 827. The Labute approximate surface area is 148 Å². The monoisotopic (exact) mass is 364 g/mol. The van der Waals surface area contributed by atoms with E-state index in [0.717, 1.165) is 42.9 Å². The molecular weight excluding hydrogens is 347 g/mol. The first-order chi connectivity index (χ1) is 11.9. The average Bonchev–Trinajstić information content (AvgIpc) is 2.58. The quantitative estimate of drug-likeness (QED) is 0.852. The first kappa shape index (κ1) is 17.8. The summed E-state index contributed by atoms with van der Waals surface area (Å²) in [6, 6.07) is 9.31. The summed E-state index contributed by atoms with van der Waals surface area (Å²) in [7, 11) is 2.10. The highest BCUT2D eigenvalue weighted by atomic mass is 32.2. The van der Waals surface area contributed by atoms with Gasteiger partial charge in [-0.3, -0.25) is 0 Å². The summed E-state index contributed by atoms with van der Waals surface area (Å²) in [4.78, 5) is 5.99. The molecular formula is C18H17F3N3S+. The van der Waals surface area contributed by atoms with Gasteiger partial charge in [0.1, 0.15) is 17.6 Å². The topological polar surface area (TPSA) is 41.1 Å². The van der Waals surface area contributed by atoms with Gasteiger partial charge in [0.25, 0.3) is 0 Å². The zero-order valence-corrected chi connectivity index (χ0v) is 14.5. The molecule has 1 atom stereocenters. The van der Waals surface area contributed by atoms with Crippen LogP contribution in [0.3, 0.4) is 0 Å². The second-order valence-electron chi connectivity index (χ2n) is 6.18. The van der Waals surface area contributed by atoms with E-state index in [2.05, 4.69) is 18.1 Å². The third-order valence-electron chi connectivity index (χ3n) is 4.19. The van der Waals surface area contributed by atoms with Gasteiger partial charge in [-0.1, -0.05) is 18.2 Å². The van der Waals surface area contributed by atoms with Crippen molar-refractivity contribution in [3.8, 4) is 6.07 Å². The Morgan fingerprint density at radius 1 is 1.32 bits per heavy atom. The van der Waals surface area contributed by atoms with Crippen LogP contribution in [0.15, 0.2) is 35.4 Å².